The Kier molecular flexibility index (Phi) is 5.67. The minimum Gasteiger partial charge on any atom is -0.457 e. The highest BCUT2D eigenvalue weighted by Crippen LogP contribution is 2.29. The number of H-pyrrole nitrogens is 1. The third kappa shape index (κ3) is 4.32. The predicted octanol–water partition coefficient (Wildman–Crippen LogP) is 6.57. The van der Waals surface area contributed by atoms with Gasteiger partial charge in [0.1, 0.15) is 22.7 Å². The summed E-state index contributed by atoms with van der Waals surface area (Å²) >= 11 is 6.05. The Morgan fingerprint density at radius 1 is 0.919 bits per heavy atom. The number of anilines is 1. The minimum atomic E-state index is -0.504. The highest BCUT2D eigenvalue weighted by Gasteiger charge is 2.17. The molecule has 3 aromatic carbocycles. The number of fused-ring (bicyclic) bond motifs is 2. The number of aromatic nitrogens is 3. The van der Waals surface area contributed by atoms with Crippen molar-refractivity contribution >= 4 is 45.1 Å². The maximum absolute atomic E-state index is 13.2. The van der Waals surface area contributed by atoms with Crippen LogP contribution >= 0.6 is 11.6 Å². The monoisotopic (exact) mass is 506 g/mol. The van der Waals surface area contributed by atoms with Gasteiger partial charge in [0.25, 0.3) is 5.91 Å². The van der Waals surface area contributed by atoms with Crippen molar-refractivity contribution in [3.63, 3.8) is 0 Å². The van der Waals surface area contributed by atoms with E-state index in [1.54, 1.807) is 73.2 Å². The van der Waals surface area contributed by atoms with Crippen LogP contribution < -0.4 is 15.5 Å². The number of carbonyl (C=O) groups excluding carboxylic acids is 1. The average molecular weight is 507 g/mol. The zero-order chi connectivity index (χ0) is 25.4. The van der Waals surface area contributed by atoms with Crippen molar-refractivity contribution in [3.05, 3.63) is 124 Å². The Balaban J connectivity index is 1.29. The summed E-state index contributed by atoms with van der Waals surface area (Å²) in [5.74, 6) is 0.764. The van der Waals surface area contributed by atoms with Gasteiger partial charge in [-0.3, -0.25) is 9.59 Å². The maximum Gasteiger partial charge on any atom is 0.261 e. The van der Waals surface area contributed by atoms with Crippen molar-refractivity contribution in [3.8, 4) is 17.2 Å². The van der Waals surface area contributed by atoms with Crippen molar-refractivity contribution in [1.29, 1.82) is 0 Å². The molecule has 6 rings (SSSR count). The highest BCUT2D eigenvalue weighted by molar-refractivity contribution is 6.30. The fraction of sp³-hybridized carbons (Fsp3) is 0. The smallest absolute Gasteiger partial charge is 0.261 e. The van der Waals surface area contributed by atoms with Crippen LogP contribution in [-0.4, -0.2) is 20.4 Å². The van der Waals surface area contributed by atoms with Gasteiger partial charge in [-0.05, 0) is 72.8 Å². The first-order valence-electron chi connectivity index (χ1n) is 11.5. The molecule has 0 atom stereocenters. The molecule has 0 aliphatic carbocycles. The number of rotatable bonds is 5. The molecule has 0 unspecified atom stereocenters. The number of carbonyl (C=O) groups is 1. The molecule has 0 aliphatic rings. The second kappa shape index (κ2) is 9.29. The van der Waals surface area contributed by atoms with E-state index in [4.69, 9.17) is 16.3 Å². The van der Waals surface area contributed by atoms with Gasteiger partial charge in [0.2, 0.25) is 5.43 Å². The lowest BCUT2D eigenvalue weighted by molar-refractivity contribution is 0.102. The van der Waals surface area contributed by atoms with Gasteiger partial charge in [-0.1, -0.05) is 23.7 Å². The van der Waals surface area contributed by atoms with E-state index < -0.39 is 5.91 Å². The fourth-order valence-electron chi connectivity index (χ4n) is 4.21. The summed E-state index contributed by atoms with van der Waals surface area (Å²) < 4.78 is 7.81. The molecule has 0 bridgehead atoms. The first-order chi connectivity index (χ1) is 18.1. The first-order valence-corrected chi connectivity index (χ1v) is 11.9. The number of aromatic amines is 1. The van der Waals surface area contributed by atoms with Gasteiger partial charge in [-0.15, -0.1) is 0 Å². The van der Waals surface area contributed by atoms with E-state index in [1.807, 2.05) is 34.9 Å². The third-order valence-electron chi connectivity index (χ3n) is 6.02. The van der Waals surface area contributed by atoms with Crippen molar-refractivity contribution in [2.75, 3.05) is 5.32 Å². The van der Waals surface area contributed by atoms with Gasteiger partial charge in [0, 0.05) is 40.4 Å². The number of nitrogens with zero attached hydrogens (tertiary/aromatic N) is 2. The fourth-order valence-corrected chi connectivity index (χ4v) is 4.34. The Labute approximate surface area is 215 Å². The molecule has 0 fully saturated rings. The molecule has 0 spiro atoms. The third-order valence-corrected chi connectivity index (χ3v) is 6.27. The van der Waals surface area contributed by atoms with Gasteiger partial charge in [0.05, 0.1) is 10.9 Å². The minimum absolute atomic E-state index is 0.0283. The standard InChI is InChI=1S/C29H19ClN4O3/c30-18-5-9-20(10-6-18)34-17-24(27(35)22-3-1-2-4-25(22)34)29(36)33-19-7-11-21(12-8-19)37-26-14-16-32-28-23(26)13-15-31-28/h1-17H,(H,31,32)(H,33,36). The lowest BCUT2D eigenvalue weighted by Gasteiger charge is -2.14. The van der Waals surface area contributed by atoms with Gasteiger partial charge < -0.3 is 19.6 Å². The van der Waals surface area contributed by atoms with Gasteiger partial charge in [0.15, 0.2) is 0 Å². The Hall–Kier alpha value is -4.88. The van der Waals surface area contributed by atoms with Gasteiger partial charge in [-0.25, -0.2) is 4.98 Å². The van der Waals surface area contributed by atoms with E-state index in [9.17, 15) is 9.59 Å². The van der Waals surface area contributed by atoms with Crippen LogP contribution in [0.25, 0.3) is 27.6 Å². The van der Waals surface area contributed by atoms with Crippen LogP contribution in [0.2, 0.25) is 5.02 Å². The lowest BCUT2D eigenvalue weighted by atomic mass is 10.1. The summed E-state index contributed by atoms with van der Waals surface area (Å²) in [5.41, 5.74) is 2.43. The summed E-state index contributed by atoms with van der Waals surface area (Å²) in [6.45, 7) is 0. The largest absolute Gasteiger partial charge is 0.457 e. The number of amides is 1. The van der Waals surface area contributed by atoms with Crippen LogP contribution in [0.4, 0.5) is 5.69 Å². The topological polar surface area (TPSA) is 89.0 Å². The molecule has 6 aromatic rings. The number of hydrogen-bond acceptors (Lipinski definition) is 4. The van der Waals surface area contributed by atoms with Crippen LogP contribution in [0.1, 0.15) is 10.4 Å². The summed E-state index contributed by atoms with van der Waals surface area (Å²) in [6.07, 6.45) is 5.03. The Morgan fingerprint density at radius 2 is 1.70 bits per heavy atom. The molecule has 0 saturated heterocycles. The van der Waals surface area contributed by atoms with Crippen LogP contribution in [0.3, 0.4) is 0 Å². The lowest BCUT2D eigenvalue weighted by Crippen LogP contribution is -2.23. The molecule has 3 heterocycles. The molecule has 0 aliphatic heterocycles. The van der Waals surface area contributed by atoms with Crippen molar-refractivity contribution in [1.82, 2.24) is 14.5 Å². The molecule has 3 aromatic heterocycles. The molecule has 7 nitrogen and oxygen atoms in total. The number of pyridine rings is 2. The first kappa shape index (κ1) is 22.6. The highest BCUT2D eigenvalue weighted by atomic mass is 35.5. The molecular weight excluding hydrogens is 488 g/mol. The summed E-state index contributed by atoms with van der Waals surface area (Å²) in [6, 6.07) is 25.0. The zero-order valence-corrected chi connectivity index (χ0v) is 20.1. The summed E-state index contributed by atoms with van der Waals surface area (Å²) in [4.78, 5) is 33.7. The van der Waals surface area contributed by atoms with Gasteiger partial charge in [-0.2, -0.15) is 0 Å². The van der Waals surface area contributed by atoms with E-state index in [0.717, 1.165) is 16.7 Å². The van der Waals surface area contributed by atoms with Crippen molar-refractivity contribution in [2.45, 2.75) is 0 Å². The molecule has 0 saturated carbocycles. The van der Waals surface area contributed by atoms with E-state index in [2.05, 4.69) is 15.3 Å². The van der Waals surface area contributed by atoms with E-state index in [0.29, 0.717) is 33.1 Å². The number of benzene rings is 3. The van der Waals surface area contributed by atoms with Crippen LogP contribution in [0.15, 0.2) is 108 Å². The number of nitrogens with one attached hydrogen (secondary N) is 2. The molecule has 180 valence electrons. The average Bonchev–Trinajstić information content (AvgIpc) is 3.41. The Bertz CT molecular complexity index is 1820. The van der Waals surface area contributed by atoms with Crippen LogP contribution in [0, 0.1) is 0 Å². The maximum atomic E-state index is 13.2. The van der Waals surface area contributed by atoms with Crippen molar-refractivity contribution in [2.24, 2.45) is 0 Å². The molecule has 8 heteroatoms. The molecule has 2 N–H and O–H groups in total. The Morgan fingerprint density at radius 3 is 2.51 bits per heavy atom. The predicted molar refractivity (Wildman–Crippen MR) is 145 cm³/mol. The van der Waals surface area contributed by atoms with E-state index in [-0.39, 0.29) is 11.0 Å². The van der Waals surface area contributed by atoms with Crippen LogP contribution in [-0.2, 0) is 0 Å². The SMILES string of the molecule is O=C(Nc1ccc(Oc2ccnc3[nH]ccc23)cc1)c1cn(-c2ccc(Cl)cc2)c2ccccc2c1=O. The molecule has 1 amide bonds. The normalized spacial score (nSPS) is 11.1. The van der Waals surface area contributed by atoms with E-state index >= 15 is 0 Å². The second-order valence-corrected chi connectivity index (χ2v) is 8.80. The summed E-state index contributed by atoms with van der Waals surface area (Å²) in [7, 11) is 0. The number of hydrogen-bond donors (Lipinski definition) is 2. The molecule has 0 radical (unpaired) electrons. The quantitative estimate of drug-likeness (QED) is 0.277. The number of ether oxygens (including phenoxy) is 1. The van der Waals surface area contributed by atoms with Crippen molar-refractivity contribution < 1.29 is 9.53 Å². The number of para-hydroxylation sites is 1. The summed E-state index contributed by atoms with van der Waals surface area (Å²) in [5, 5.41) is 4.74. The van der Waals surface area contributed by atoms with Crippen LogP contribution in [0.5, 0.6) is 11.5 Å². The zero-order valence-electron chi connectivity index (χ0n) is 19.3. The van der Waals surface area contributed by atoms with E-state index in [1.165, 1.54) is 0 Å². The molecule has 37 heavy (non-hydrogen) atoms. The molecular formula is C29H19ClN4O3. The number of halogens is 1. The van der Waals surface area contributed by atoms with Gasteiger partial charge >= 0.3 is 0 Å². The second-order valence-electron chi connectivity index (χ2n) is 8.37.